The molecule has 28 heavy (non-hydrogen) atoms. The molecule has 0 unspecified atom stereocenters. The molecule has 0 atom stereocenters. The van der Waals surface area contributed by atoms with Crippen LogP contribution < -0.4 is 5.32 Å². The fraction of sp³-hybridized carbons (Fsp3) is 0.737. The first-order chi connectivity index (χ1) is 13.5. The van der Waals surface area contributed by atoms with E-state index in [4.69, 9.17) is 13.3 Å². The van der Waals surface area contributed by atoms with Crippen molar-refractivity contribution < 1.29 is 27.7 Å². The van der Waals surface area contributed by atoms with E-state index in [0.29, 0.717) is 51.8 Å². The summed E-state index contributed by atoms with van der Waals surface area (Å²) in [5.74, 6) is -0.506. The fourth-order valence-corrected chi connectivity index (χ4v) is 5.62. The minimum Gasteiger partial charge on any atom is -0.374 e. The molecule has 1 aliphatic rings. The summed E-state index contributed by atoms with van der Waals surface area (Å²) in [6.07, 6.45) is 5.98. The van der Waals surface area contributed by atoms with Gasteiger partial charge in [0, 0.05) is 57.5 Å². The highest BCUT2D eigenvalue weighted by molar-refractivity contribution is 6.60. The van der Waals surface area contributed by atoms with Crippen LogP contribution in [-0.2, 0) is 27.7 Å². The van der Waals surface area contributed by atoms with Gasteiger partial charge in [0.25, 0.3) is 11.8 Å². The Morgan fingerprint density at radius 2 is 1.50 bits per heavy atom. The van der Waals surface area contributed by atoms with Gasteiger partial charge < -0.3 is 18.6 Å². The molecule has 1 N–H and O–H groups in total. The predicted octanol–water partition coefficient (Wildman–Crippen LogP) is 2.03. The number of nitrogens with one attached hydrogen (secondary N) is 1. The van der Waals surface area contributed by atoms with E-state index in [1.165, 1.54) is 17.1 Å². The minimum absolute atomic E-state index is 0.00601. The highest BCUT2D eigenvalue weighted by Gasteiger charge is 2.39. The number of amides is 3. The molecule has 1 rings (SSSR count). The van der Waals surface area contributed by atoms with Crippen molar-refractivity contribution in [3.05, 3.63) is 12.2 Å². The van der Waals surface area contributed by atoms with Crippen molar-refractivity contribution in [1.82, 2.24) is 10.2 Å². The van der Waals surface area contributed by atoms with E-state index in [-0.39, 0.29) is 17.7 Å². The van der Waals surface area contributed by atoms with Gasteiger partial charge in [0.15, 0.2) is 0 Å². The maximum atomic E-state index is 11.9. The van der Waals surface area contributed by atoms with Crippen molar-refractivity contribution >= 4 is 26.5 Å². The van der Waals surface area contributed by atoms with Crippen molar-refractivity contribution in [3.63, 3.8) is 0 Å². The first-order valence-corrected chi connectivity index (χ1v) is 12.1. The Hall–Kier alpha value is -1.55. The monoisotopic (exact) mass is 414 g/mol. The predicted molar refractivity (Wildman–Crippen MR) is 107 cm³/mol. The summed E-state index contributed by atoms with van der Waals surface area (Å²) in [6, 6.07) is 0.675. The number of carbonyl (C=O) groups is 3. The van der Waals surface area contributed by atoms with Gasteiger partial charge in [-0.2, -0.15) is 0 Å². The molecule has 9 heteroatoms. The topological polar surface area (TPSA) is 94.2 Å². The molecule has 0 aromatic rings. The van der Waals surface area contributed by atoms with E-state index < -0.39 is 8.80 Å². The SMILES string of the molecule is CCO[Si](CCCNC(=O)CCCCCN1C(=O)C=CC1=O)(OCC)OCC. The second kappa shape index (κ2) is 13.6. The largest absolute Gasteiger partial charge is 0.500 e. The van der Waals surface area contributed by atoms with E-state index in [9.17, 15) is 14.4 Å². The lowest BCUT2D eigenvalue weighted by Gasteiger charge is -2.28. The lowest BCUT2D eigenvalue weighted by Crippen LogP contribution is -2.46. The van der Waals surface area contributed by atoms with Crippen LogP contribution in [0.1, 0.15) is 52.9 Å². The van der Waals surface area contributed by atoms with Gasteiger partial charge in [0.1, 0.15) is 0 Å². The Balaban J connectivity index is 2.15. The highest BCUT2D eigenvalue weighted by Crippen LogP contribution is 2.17. The summed E-state index contributed by atoms with van der Waals surface area (Å²) >= 11 is 0. The molecule has 0 radical (unpaired) electrons. The van der Waals surface area contributed by atoms with Crippen molar-refractivity contribution in [2.45, 2.75) is 58.9 Å². The van der Waals surface area contributed by atoms with Crippen LogP contribution in [0, 0.1) is 0 Å². The van der Waals surface area contributed by atoms with Crippen molar-refractivity contribution in [2.75, 3.05) is 32.9 Å². The molecule has 160 valence electrons. The Kier molecular flexibility index (Phi) is 11.9. The van der Waals surface area contributed by atoms with Crippen molar-refractivity contribution in [1.29, 1.82) is 0 Å². The summed E-state index contributed by atoms with van der Waals surface area (Å²) in [6.45, 7) is 8.37. The van der Waals surface area contributed by atoms with E-state index >= 15 is 0 Å². The van der Waals surface area contributed by atoms with Crippen LogP contribution in [-0.4, -0.2) is 64.3 Å². The Bertz CT molecular complexity index is 505. The summed E-state index contributed by atoms with van der Waals surface area (Å²) in [5, 5.41) is 2.92. The molecular formula is C19H34N2O6Si. The molecule has 3 amide bonds. The molecule has 1 aliphatic heterocycles. The third-order valence-corrected chi connectivity index (χ3v) is 7.41. The van der Waals surface area contributed by atoms with Crippen LogP contribution in [0.4, 0.5) is 0 Å². The second-order valence-corrected chi connectivity index (χ2v) is 9.14. The Morgan fingerprint density at radius 3 is 2.04 bits per heavy atom. The van der Waals surface area contributed by atoms with Crippen LogP contribution in [0.3, 0.4) is 0 Å². The number of nitrogens with zero attached hydrogens (tertiary/aromatic N) is 1. The number of carbonyl (C=O) groups excluding carboxylic acids is 3. The third-order valence-electron chi connectivity index (χ3n) is 4.26. The average Bonchev–Trinajstić information content (AvgIpc) is 2.97. The number of hydrogen-bond donors (Lipinski definition) is 1. The zero-order valence-corrected chi connectivity index (χ0v) is 18.3. The molecule has 0 saturated heterocycles. The zero-order valence-electron chi connectivity index (χ0n) is 17.3. The normalized spacial score (nSPS) is 14.2. The summed E-state index contributed by atoms with van der Waals surface area (Å²) in [7, 11) is -2.64. The van der Waals surface area contributed by atoms with E-state index in [2.05, 4.69) is 5.32 Å². The van der Waals surface area contributed by atoms with Crippen LogP contribution in [0.25, 0.3) is 0 Å². The van der Waals surface area contributed by atoms with Gasteiger partial charge in [-0.25, -0.2) is 0 Å². The number of hydrogen-bond acceptors (Lipinski definition) is 6. The van der Waals surface area contributed by atoms with Gasteiger partial charge in [-0.15, -0.1) is 0 Å². The molecule has 0 aromatic heterocycles. The van der Waals surface area contributed by atoms with Gasteiger partial charge in [-0.1, -0.05) is 6.42 Å². The molecule has 0 bridgehead atoms. The maximum absolute atomic E-state index is 11.9. The molecule has 0 aromatic carbocycles. The van der Waals surface area contributed by atoms with Gasteiger partial charge in [0.05, 0.1) is 0 Å². The molecular weight excluding hydrogens is 380 g/mol. The van der Waals surface area contributed by atoms with Gasteiger partial charge in [-0.05, 0) is 40.0 Å². The summed E-state index contributed by atoms with van der Waals surface area (Å²) in [5.41, 5.74) is 0. The first-order valence-electron chi connectivity index (χ1n) is 10.2. The Labute approximate surface area is 168 Å². The average molecular weight is 415 g/mol. The van der Waals surface area contributed by atoms with Crippen molar-refractivity contribution in [3.8, 4) is 0 Å². The zero-order chi connectivity index (χ0) is 20.8. The lowest BCUT2D eigenvalue weighted by atomic mass is 10.2. The number of unbranched alkanes of at least 4 members (excludes halogenated alkanes) is 2. The summed E-state index contributed by atoms with van der Waals surface area (Å²) < 4.78 is 17.4. The Morgan fingerprint density at radius 1 is 0.929 bits per heavy atom. The van der Waals surface area contributed by atoms with Gasteiger partial charge in [0.2, 0.25) is 5.91 Å². The molecule has 0 fully saturated rings. The smallest absolute Gasteiger partial charge is 0.374 e. The van der Waals surface area contributed by atoms with Crippen molar-refractivity contribution in [2.24, 2.45) is 0 Å². The molecule has 0 spiro atoms. The molecule has 0 saturated carbocycles. The fourth-order valence-electron chi connectivity index (χ4n) is 3.01. The van der Waals surface area contributed by atoms with Crippen LogP contribution in [0.5, 0.6) is 0 Å². The maximum Gasteiger partial charge on any atom is 0.500 e. The van der Waals surface area contributed by atoms with E-state index in [1.807, 2.05) is 20.8 Å². The third kappa shape index (κ3) is 8.64. The van der Waals surface area contributed by atoms with Crippen LogP contribution in [0.2, 0.25) is 6.04 Å². The van der Waals surface area contributed by atoms with E-state index in [0.717, 1.165) is 19.3 Å². The quantitative estimate of drug-likeness (QED) is 0.236. The van der Waals surface area contributed by atoms with Gasteiger partial charge >= 0.3 is 8.80 Å². The van der Waals surface area contributed by atoms with Crippen LogP contribution in [0.15, 0.2) is 12.2 Å². The van der Waals surface area contributed by atoms with Crippen LogP contribution >= 0.6 is 0 Å². The summed E-state index contributed by atoms with van der Waals surface area (Å²) in [4.78, 5) is 36.0. The lowest BCUT2D eigenvalue weighted by molar-refractivity contribution is -0.137. The molecule has 8 nitrogen and oxygen atoms in total. The van der Waals surface area contributed by atoms with E-state index in [1.54, 1.807) is 0 Å². The molecule has 1 heterocycles. The standard InChI is InChI=1S/C19H34N2O6Si/c1-4-25-28(26-5-2,27-6-3)16-10-14-20-17(22)11-8-7-9-15-21-18(23)12-13-19(21)24/h12-13H,4-11,14-16H2,1-3H3,(H,20,22). The number of rotatable bonds is 16. The molecule has 0 aliphatic carbocycles. The number of imide groups is 1. The van der Waals surface area contributed by atoms with Gasteiger partial charge in [-0.3, -0.25) is 19.3 Å². The first kappa shape index (κ1) is 24.5. The highest BCUT2D eigenvalue weighted by atomic mass is 28.4. The second-order valence-electron chi connectivity index (χ2n) is 6.41. The minimum atomic E-state index is -2.64.